The van der Waals surface area contributed by atoms with Gasteiger partial charge in [0.05, 0.1) is 6.61 Å². The summed E-state index contributed by atoms with van der Waals surface area (Å²) in [5.41, 5.74) is 0.725. The van der Waals surface area contributed by atoms with Crippen LogP contribution in [0.1, 0.15) is 5.56 Å². The first-order chi connectivity index (χ1) is 4.33. The molecule has 0 bridgehead atoms. The molecular weight excluding hydrogens is 136 g/mol. The number of rotatable bonds is 1. The van der Waals surface area contributed by atoms with E-state index in [4.69, 9.17) is 16.7 Å². The fraction of sp³-hybridized carbons (Fsp3) is 0.143. The van der Waals surface area contributed by atoms with Gasteiger partial charge in [-0.15, -0.1) is 0 Å². The van der Waals surface area contributed by atoms with E-state index in [2.05, 4.69) is 6.07 Å². The van der Waals surface area contributed by atoms with E-state index in [9.17, 15) is 0 Å². The first-order valence-corrected chi connectivity index (χ1v) is 2.97. The summed E-state index contributed by atoms with van der Waals surface area (Å²) in [7, 11) is 0. The molecule has 0 spiro atoms. The molecule has 0 aromatic heterocycles. The van der Waals surface area contributed by atoms with Crippen LogP contribution in [-0.4, -0.2) is 5.11 Å². The Morgan fingerprint density at radius 2 is 2.44 bits per heavy atom. The third-order valence-corrected chi connectivity index (χ3v) is 1.23. The average Bonchev–Trinajstić information content (AvgIpc) is 1.88. The molecule has 0 heterocycles. The zero-order valence-corrected chi connectivity index (χ0v) is 5.52. The minimum atomic E-state index is 0.000556. The lowest BCUT2D eigenvalue weighted by Gasteiger charge is -1.92. The van der Waals surface area contributed by atoms with Crippen molar-refractivity contribution in [3.05, 3.63) is 34.9 Å². The highest BCUT2D eigenvalue weighted by Crippen LogP contribution is 2.09. The monoisotopic (exact) mass is 141 g/mol. The summed E-state index contributed by atoms with van der Waals surface area (Å²) in [5.74, 6) is 0. The molecule has 0 unspecified atom stereocenters. The van der Waals surface area contributed by atoms with Gasteiger partial charge in [0, 0.05) is 5.02 Å². The molecule has 1 aromatic rings. The number of aliphatic hydroxyl groups is 1. The molecule has 0 aliphatic rings. The maximum absolute atomic E-state index is 8.57. The molecule has 1 aromatic carbocycles. The molecule has 0 atom stereocenters. The number of halogens is 1. The summed E-state index contributed by atoms with van der Waals surface area (Å²) < 4.78 is 0. The van der Waals surface area contributed by atoms with Crippen LogP contribution < -0.4 is 0 Å². The van der Waals surface area contributed by atoms with E-state index in [1.54, 1.807) is 18.2 Å². The molecule has 1 radical (unpaired) electrons. The summed E-state index contributed by atoms with van der Waals surface area (Å²) in [6.45, 7) is 0.000556. The fourth-order valence-corrected chi connectivity index (χ4v) is 0.771. The highest BCUT2D eigenvalue weighted by atomic mass is 35.5. The van der Waals surface area contributed by atoms with Gasteiger partial charge in [-0.25, -0.2) is 0 Å². The van der Waals surface area contributed by atoms with E-state index in [1.807, 2.05) is 0 Å². The molecule has 0 saturated heterocycles. The molecule has 0 aliphatic carbocycles. The Hall–Kier alpha value is -0.530. The minimum absolute atomic E-state index is 0.000556. The summed E-state index contributed by atoms with van der Waals surface area (Å²) >= 11 is 5.59. The fourth-order valence-electron chi connectivity index (χ4n) is 0.576. The van der Waals surface area contributed by atoms with Crippen molar-refractivity contribution in [2.45, 2.75) is 6.61 Å². The van der Waals surface area contributed by atoms with Gasteiger partial charge in [0.2, 0.25) is 0 Å². The minimum Gasteiger partial charge on any atom is -0.392 e. The van der Waals surface area contributed by atoms with Crippen molar-refractivity contribution in [1.82, 2.24) is 0 Å². The number of hydrogen-bond donors (Lipinski definition) is 1. The van der Waals surface area contributed by atoms with Gasteiger partial charge in [-0.3, -0.25) is 0 Å². The smallest absolute Gasteiger partial charge is 0.0688 e. The molecule has 0 aliphatic heterocycles. The zero-order chi connectivity index (χ0) is 6.69. The lowest BCUT2D eigenvalue weighted by molar-refractivity contribution is 0.281. The highest BCUT2D eigenvalue weighted by molar-refractivity contribution is 6.30. The maximum atomic E-state index is 8.57. The number of benzene rings is 1. The second-order valence-corrected chi connectivity index (χ2v) is 2.13. The summed E-state index contributed by atoms with van der Waals surface area (Å²) in [5, 5.41) is 9.21. The van der Waals surface area contributed by atoms with Crippen molar-refractivity contribution < 1.29 is 5.11 Å². The van der Waals surface area contributed by atoms with Gasteiger partial charge in [-0.05, 0) is 23.8 Å². The Bertz CT molecular complexity index is 198. The standard InChI is InChI=1S/C7H6ClO/c8-7-3-1-2-6(4-7)5-9/h1,3-4,9H,5H2. The molecule has 0 saturated carbocycles. The number of hydrogen-bond acceptors (Lipinski definition) is 1. The topological polar surface area (TPSA) is 20.2 Å². The van der Waals surface area contributed by atoms with Crippen molar-refractivity contribution in [2.24, 2.45) is 0 Å². The van der Waals surface area contributed by atoms with Gasteiger partial charge in [-0.2, -0.15) is 0 Å². The zero-order valence-electron chi connectivity index (χ0n) is 4.76. The predicted molar refractivity (Wildman–Crippen MR) is 36.2 cm³/mol. The van der Waals surface area contributed by atoms with Gasteiger partial charge in [0.1, 0.15) is 0 Å². The molecule has 2 heteroatoms. The third-order valence-electron chi connectivity index (χ3n) is 0.994. The SMILES string of the molecule is OCc1[c]ccc(Cl)c1. The van der Waals surface area contributed by atoms with Crippen LogP contribution in [0, 0.1) is 6.07 Å². The van der Waals surface area contributed by atoms with Crippen molar-refractivity contribution in [1.29, 1.82) is 0 Å². The van der Waals surface area contributed by atoms with Crippen LogP contribution >= 0.6 is 11.6 Å². The Morgan fingerprint density at radius 3 is 2.89 bits per heavy atom. The molecule has 1 nitrogen and oxygen atoms in total. The van der Waals surface area contributed by atoms with E-state index in [1.165, 1.54) is 0 Å². The van der Waals surface area contributed by atoms with E-state index in [0.717, 1.165) is 5.56 Å². The molecule has 9 heavy (non-hydrogen) atoms. The molecule has 0 amide bonds. The lowest BCUT2D eigenvalue weighted by Crippen LogP contribution is -1.80. The molecule has 0 fully saturated rings. The van der Waals surface area contributed by atoms with Crippen LogP contribution in [0.3, 0.4) is 0 Å². The molecule has 1 N–H and O–H groups in total. The first kappa shape index (κ1) is 6.59. The summed E-state index contributed by atoms with van der Waals surface area (Å²) in [6.07, 6.45) is 0. The van der Waals surface area contributed by atoms with Gasteiger partial charge < -0.3 is 5.11 Å². The highest BCUT2D eigenvalue weighted by Gasteiger charge is 1.89. The van der Waals surface area contributed by atoms with Crippen molar-refractivity contribution >= 4 is 11.6 Å². The maximum Gasteiger partial charge on any atom is 0.0688 e. The lowest BCUT2D eigenvalue weighted by atomic mass is 10.2. The van der Waals surface area contributed by atoms with Crippen LogP contribution in [-0.2, 0) is 6.61 Å². The van der Waals surface area contributed by atoms with Crippen LogP contribution in [0.4, 0.5) is 0 Å². The van der Waals surface area contributed by atoms with Gasteiger partial charge in [-0.1, -0.05) is 17.7 Å². The van der Waals surface area contributed by atoms with Crippen molar-refractivity contribution in [2.75, 3.05) is 0 Å². The van der Waals surface area contributed by atoms with Gasteiger partial charge in [0.15, 0.2) is 0 Å². The second kappa shape index (κ2) is 2.85. The Kier molecular flexibility index (Phi) is 2.09. The van der Waals surface area contributed by atoms with Crippen LogP contribution in [0.5, 0.6) is 0 Å². The Labute approximate surface area is 58.9 Å². The van der Waals surface area contributed by atoms with Crippen LogP contribution in [0.2, 0.25) is 5.02 Å². The molecule has 47 valence electrons. The molecular formula is C7H6ClO. The molecule has 1 rings (SSSR count). The normalized spacial score (nSPS) is 9.56. The van der Waals surface area contributed by atoms with Gasteiger partial charge >= 0.3 is 0 Å². The summed E-state index contributed by atoms with van der Waals surface area (Å²) in [6, 6.07) is 7.92. The Morgan fingerprint density at radius 1 is 1.67 bits per heavy atom. The predicted octanol–water partition coefficient (Wildman–Crippen LogP) is 1.63. The van der Waals surface area contributed by atoms with E-state index in [0.29, 0.717) is 5.02 Å². The van der Waals surface area contributed by atoms with Crippen LogP contribution in [0.25, 0.3) is 0 Å². The van der Waals surface area contributed by atoms with Crippen molar-refractivity contribution in [3.8, 4) is 0 Å². The number of aliphatic hydroxyl groups excluding tert-OH is 1. The quantitative estimate of drug-likeness (QED) is 0.631. The largest absolute Gasteiger partial charge is 0.392 e. The Balaban J connectivity index is 2.94. The average molecular weight is 142 g/mol. The van der Waals surface area contributed by atoms with Crippen LogP contribution in [0.15, 0.2) is 18.2 Å². The summed E-state index contributed by atoms with van der Waals surface area (Å²) in [4.78, 5) is 0. The van der Waals surface area contributed by atoms with E-state index >= 15 is 0 Å². The van der Waals surface area contributed by atoms with Crippen molar-refractivity contribution in [3.63, 3.8) is 0 Å². The van der Waals surface area contributed by atoms with E-state index < -0.39 is 0 Å². The first-order valence-electron chi connectivity index (χ1n) is 2.60. The third kappa shape index (κ3) is 1.70. The van der Waals surface area contributed by atoms with Gasteiger partial charge in [0.25, 0.3) is 0 Å². The second-order valence-electron chi connectivity index (χ2n) is 1.69. The van der Waals surface area contributed by atoms with E-state index in [-0.39, 0.29) is 6.61 Å².